The standard InChI is InChI=1S/C22H22N2O3S/c1-11-15(19-9-13-8-14(23)4-5-18(13)28-19)6-7-24-20(11)16(12-2-3-12)10-17(21(24)25)22(26)27/h6-7,9-10,12,14H,2-5,8,23H2,1H3,(H,26,27). The van der Waals surface area contributed by atoms with E-state index in [2.05, 4.69) is 6.07 Å². The van der Waals surface area contributed by atoms with Crippen molar-refractivity contribution in [2.45, 2.75) is 51.0 Å². The lowest BCUT2D eigenvalue weighted by Crippen LogP contribution is -2.26. The third-order valence-electron chi connectivity index (χ3n) is 6.05. The number of hydrogen-bond acceptors (Lipinski definition) is 4. The molecule has 0 radical (unpaired) electrons. The average Bonchev–Trinajstić information content (AvgIpc) is 3.41. The molecule has 5 nitrogen and oxygen atoms in total. The van der Waals surface area contributed by atoms with Gasteiger partial charge in [0.15, 0.2) is 0 Å². The molecule has 0 spiro atoms. The quantitative estimate of drug-likeness (QED) is 0.709. The number of nitrogens with zero attached hydrogens (tertiary/aromatic N) is 1. The van der Waals surface area contributed by atoms with E-state index in [0.29, 0.717) is 5.92 Å². The van der Waals surface area contributed by atoms with Gasteiger partial charge in [-0.3, -0.25) is 9.20 Å². The van der Waals surface area contributed by atoms with Crippen LogP contribution in [0.1, 0.15) is 57.1 Å². The third kappa shape index (κ3) is 2.71. The lowest BCUT2D eigenvalue weighted by Gasteiger charge is -2.17. The number of thiophene rings is 1. The van der Waals surface area contributed by atoms with Crippen LogP contribution >= 0.6 is 11.3 Å². The average molecular weight is 394 g/mol. The third-order valence-corrected chi connectivity index (χ3v) is 7.32. The number of nitrogens with two attached hydrogens (primary N) is 1. The number of pyridine rings is 2. The summed E-state index contributed by atoms with van der Waals surface area (Å²) in [5.74, 6) is -0.817. The Labute approximate surface area is 166 Å². The first-order valence-corrected chi connectivity index (χ1v) is 10.6. The number of aromatic carboxylic acids is 1. The molecule has 1 atom stereocenters. The molecule has 1 unspecified atom stereocenters. The van der Waals surface area contributed by atoms with Gasteiger partial charge in [-0.05, 0) is 85.4 Å². The van der Waals surface area contributed by atoms with Gasteiger partial charge in [-0.15, -0.1) is 11.3 Å². The fourth-order valence-corrected chi connectivity index (χ4v) is 5.70. The second-order valence-electron chi connectivity index (χ2n) is 8.03. The van der Waals surface area contributed by atoms with Gasteiger partial charge in [-0.25, -0.2) is 4.79 Å². The predicted octanol–water partition coefficient (Wildman–Crippen LogP) is 3.73. The molecule has 2 aliphatic carbocycles. The summed E-state index contributed by atoms with van der Waals surface area (Å²) in [6, 6.07) is 6.04. The Bertz CT molecular complexity index is 1190. The molecule has 0 aromatic carbocycles. The summed E-state index contributed by atoms with van der Waals surface area (Å²) in [6.45, 7) is 2.04. The van der Waals surface area contributed by atoms with Gasteiger partial charge in [0.2, 0.25) is 0 Å². The van der Waals surface area contributed by atoms with Crippen molar-refractivity contribution in [3.8, 4) is 10.4 Å². The van der Waals surface area contributed by atoms with Crippen LogP contribution in [0.2, 0.25) is 0 Å². The largest absolute Gasteiger partial charge is 0.477 e. The minimum absolute atomic E-state index is 0.146. The first-order valence-electron chi connectivity index (χ1n) is 9.73. The lowest BCUT2D eigenvalue weighted by molar-refractivity contribution is 0.0694. The molecule has 5 rings (SSSR count). The topological polar surface area (TPSA) is 84.8 Å². The number of aromatic nitrogens is 1. The van der Waals surface area contributed by atoms with Crippen molar-refractivity contribution in [3.05, 3.63) is 61.9 Å². The van der Waals surface area contributed by atoms with Crippen molar-refractivity contribution in [1.82, 2.24) is 4.40 Å². The number of rotatable bonds is 3. The van der Waals surface area contributed by atoms with Crippen LogP contribution in [-0.2, 0) is 12.8 Å². The molecule has 3 aromatic rings. The molecule has 0 bridgehead atoms. The molecule has 0 saturated heterocycles. The van der Waals surface area contributed by atoms with Gasteiger partial charge in [0, 0.05) is 22.0 Å². The zero-order valence-electron chi connectivity index (χ0n) is 15.7. The highest BCUT2D eigenvalue weighted by molar-refractivity contribution is 7.15. The van der Waals surface area contributed by atoms with E-state index in [0.717, 1.165) is 54.3 Å². The van der Waals surface area contributed by atoms with Crippen LogP contribution in [-0.4, -0.2) is 21.5 Å². The van der Waals surface area contributed by atoms with Crippen molar-refractivity contribution in [2.24, 2.45) is 5.73 Å². The van der Waals surface area contributed by atoms with Gasteiger partial charge >= 0.3 is 5.97 Å². The van der Waals surface area contributed by atoms with Gasteiger partial charge in [0.25, 0.3) is 5.56 Å². The number of aryl methyl sites for hydroxylation is 2. The monoisotopic (exact) mass is 394 g/mol. The normalized spacial score (nSPS) is 19.0. The van der Waals surface area contributed by atoms with Gasteiger partial charge in [-0.1, -0.05) is 0 Å². The lowest BCUT2D eigenvalue weighted by atomic mass is 9.94. The molecule has 28 heavy (non-hydrogen) atoms. The van der Waals surface area contributed by atoms with Crippen LogP contribution in [0, 0.1) is 6.92 Å². The Morgan fingerprint density at radius 3 is 2.79 bits per heavy atom. The number of carboxylic acids is 1. The Morgan fingerprint density at radius 1 is 1.29 bits per heavy atom. The fourth-order valence-electron chi connectivity index (χ4n) is 4.41. The van der Waals surface area contributed by atoms with Crippen LogP contribution in [0.15, 0.2) is 29.2 Å². The van der Waals surface area contributed by atoms with E-state index in [1.165, 1.54) is 19.7 Å². The maximum Gasteiger partial charge on any atom is 0.341 e. The number of hydrogen-bond donors (Lipinski definition) is 2. The summed E-state index contributed by atoms with van der Waals surface area (Å²) in [4.78, 5) is 26.9. The van der Waals surface area contributed by atoms with E-state index in [4.69, 9.17) is 5.73 Å². The van der Waals surface area contributed by atoms with E-state index in [9.17, 15) is 14.7 Å². The summed E-state index contributed by atoms with van der Waals surface area (Å²) in [5.41, 5.74) is 10.9. The van der Waals surface area contributed by atoms with Gasteiger partial charge in [0.1, 0.15) is 5.56 Å². The first kappa shape index (κ1) is 17.6. The van der Waals surface area contributed by atoms with Gasteiger partial charge in [0.05, 0.1) is 5.52 Å². The van der Waals surface area contributed by atoms with Crippen molar-refractivity contribution in [2.75, 3.05) is 0 Å². The molecule has 6 heteroatoms. The molecule has 3 N–H and O–H groups in total. The summed E-state index contributed by atoms with van der Waals surface area (Å²) in [5, 5.41) is 9.45. The van der Waals surface area contributed by atoms with Crippen molar-refractivity contribution in [3.63, 3.8) is 0 Å². The van der Waals surface area contributed by atoms with Crippen LogP contribution in [0.3, 0.4) is 0 Å². The Balaban J connectivity index is 1.74. The number of fused-ring (bicyclic) bond motifs is 2. The summed E-state index contributed by atoms with van der Waals surface area (Å²) >= 11 is 1.82. The highest BCUT2D eigenvalue weighted by Gasteiger charge is 2.29. The Kier molecular flexibility index (Phi) is 3.96. The number of carbonyl (C=O) groups is 1. The molecule has 0 amide bonds. The second kappa shape index (κ2) is 6.29. The predicted molar refractivity (Wildman–Crippen MR) is 111 cm³/mol. The van der Waals surface area contributed by atoms with Crippen molar-refractivity contribution in [1.29, 1.82) is 0 Å². The molecule has 3 aromatic heterocycles. The summed E-state index contributed by atoms with van der Waals surface area (Å²) in [7, 11) is 0. The molecule has 1 fully saturated rings. The van der Waals surface area contributed by atoms with Crippen molar-refractivity contribution >= 4 is 22.8 Å². The van der Waals surface area contributed by atoms with E-state index < -0.39 is 11.5 Å². The van der Waals surface area contributed by atoms with E-state index >= 15 is 0 Å². The second-order valence-corrected chi connectivity index (χ2v) is 9.17. The Hall–Kier alpha value is -2.44. The van der Waals surface area contributed by atoms with E-state index in [1.807, 2.05) is 24.3 Å². The molecular formula is C22H22N2O3S. The fraction of sp³-hybridized carbons (Fsp3) is 0.364. The maximum atomic E-state index is 12.7. The van der Waals surface area contributed by atoms with Gasteiger partial charge in [-0.2, -0.15) is 0 Å². The summed E-state index contributed by atoms with van der Waals surface area (Å²) in [6.07, 6.45) is 6.81. The molecular weight excluding hydrogens is 372 g/mol. The van der Waals surface area contributed by atoms with Crippen LogP contribution in [0.4, 0.5) is 0 Å². The summed E-state index contributed by atoms with van der Waals surface area (Å²) < 4.78 is 1.53. The minimum atomic E-state index is -1.16. The molecule has 0 aliphatic heterocycles. The maximum absolute atomic E-state index is 12.7. The van der Waals surface area contributed by atoms with E-state index in [-0.39, 0.29) is 11.6 Å². The smallest absolute Gasteiger partial charge is 0.341 e. The highest BCUT2D eigenvalue weighted by Crippen LogP contribution is 2.44. The zero-order valence-corrected chi connectivity index (χ0v) is 16.5. The van der Waals surface area contributed by atoms with E-state index in [1.54, 1.807) is 12.3 Å². The SMILES string of the molecule is Cc1c(-c2cc3c(s2)CCC(N)C3)ccn2c(=O)c(C(=O)O)cc(C3CC3)c12. The Morgan fingerprint density at radius 2 is 2.07 bits per heavy atom. The number of carboxylic acid groups (broad SMARTS) is 1. The van der Waals surface area contributed by atoms with Crippen LogP contribution in [0.5, 0.6) is 0 Å². The first-order chi connectivity index (χ1) is 13.4. The zero-order chi connectivity index (χ0) is 19.6. The van der Waals surface area contributed by atoms with Crippen molar-refractivity contribution < 1.29 is 9.90 Å². The molecule has 3 heterocycles. The molecule has 1 saturated carbocycles. The molecule has 144 valence electrons. The van der Waals surface area contributed by atoms with Crippen LogP contribution in [0.25, 0.3) is 16.0 Å². The minimum Gasteiger partial charge on any atom is -0.477 e. The van der Waals surface area contributed by atoms with Gasteiger partial charge < -0.3 is 10.8 Å². The molecule has 2 aliphatic rings. The highest BCUT2D eigenvalue weighted by atomic mass is 32.1. The van der Waals surface area contributed by atoms with Crippen LogP contribution < -0.4 is 11.3 Å².